The summed E-state index contributed by atoms with van der Waals surface area (Å²) in [5, 5.41) is 23.6. The molecule has 0 spiro atoms. The van der Waals surface area contributed by atoms with Crippen LogP contribution in [0.4, 0.5) is 39.5 Å². The van der Waals surface area contributed by atoms with Crippen LogP contribution in [0.15, 0.2) is 42.0 Å². The maximum absolute atomic E-state index is 10.6. The zero-order valence-corrected chi connectivity index (χ0v) is 22.0. The molecular weight excluding hydrogens is 617 g/mol. The number of aromatic nitrogens is 1. The van der Waals surface area contributed by atoms with E-state index in [2.05, 4.69) is 38.4 Å². The normalized spacial score (nSPS) is 18.8. The number of hydrogen-bond acceptors (Lipinski definition) is 7. The van der Waals surface area contributed by atoms with Crippen molar-refractivity contribution >= 4 is 29.2 Å². The van der Waals surface area contributed by atoms with Gasteiger partial charge >= 0.3 is 36.4 Å². The van der Waals surface area contributed by atoms with E-state index >= 15 is 0 Å². The van der Waals surface area contributed by atoms with Crippen LogP contribution in [-0.2, 0) is 27.5 Å². The van der Waals surface area contributed by atoms with Gasteiger partial charge in [-0.05, 0) is 34.9 Å². The molecule has 3 N–H and O–H groups in total. The molecule has 2 aromatic heterocycles. The molecule has 0 amide bonds. The number of halogens is 9. The standard InChI is InChI=1S/C17H21N3S.3C2HF3O2/c1-3-14(7-18-5-1)8-19-9-15-11-20(12-16(15)10-19)13-17-4-2-6-21-17;3*3-2(4,5)1(6)7/h1-7,15-16H,8-13H2;3*(H,6,7). The number of rotatable bonds is 4. The van der Waals surface area contributed by atoms with Gasteiger partial charge in [0, 0.05) is 56.5 Å². The van der Waals surface area contributed by atoms with Gasteiger partial charge in [-0.15, -0.1) is 11.3 Å². The number of thiophene rings is 1. The molecule has 2 atom stereocenters. The predicted octanol–water partition coefficient (Wildman–Crippen LogP) is 4.61. The Morgan fingerprint density at radius 3 is 1.45 bits per heavy atom. The number of hydrogen-bond donors (Lipinski definition) is 3. The summed E-state index contributed by atoms with van der Waals surface area (Å²) in [6.07, 6.45) is -11.4. The van der Waals surface area contributed by atoms with Crippen LogP contribution in [0.25, 0.3) is 0 Å². The number of carbonyl (C=O) groups is 3. The Bertz CT molecular complexity index is 1060. The van der Waals surface area contributed by atoms with Crippen molar-refractivity contribution in [2.75, 3.05) is 26.2 Å². The summed E-state index contributed by atoms with van der Waals surface area (Å²) in [7, 11) is 0. The third kappa shape index (κ3) is 13.9. The van der Waals surface area contributed by atoms with Gasteiger partial charge in [-0.25, -0.2) is 14.4 Å². The molecule has 0 radical (unpaired) electrons. The molecule has 0 bridgehead atoms. The van der Waals surface area contributed by atoms with E-state index in [1.54, 1.807) is 0 Å². The van der Waals surface area contributed by atoms with Crippen molar-refractivity contribution in [3.8, 4) is 0 Å². The lowest BCUT2D eigenvalue weighted by atomic mass is 10.0. The minimum absolute atomic E-state index is 0.863. The fourth-order valence-corrected chi connectivity index (χ4v) is 4.56. The largest absolute Gasteiger partial charge is 0.490 e. The van der Waals surface area contributed by atoms with Crippen molar-refractivity contribution in [1.29, 1.82) is 0 Å². The zero-order valence-electron chi connectivity index (χ0n) is 21.2. The molecule has 2 fully saturated rings. The van der Waals surface area contributed by atoms with Crippen molar-refractivity contribution in [2.45, 2.75) is 31.6 Å². The average molecular weight is 642 g/mol. The smallest absolute Gasteiger partial charge is 0.475 e. The predicted molar refractivity (Wildman–Crippen MR) is 127 cm³/mol. The van der Waals surface area contributed by atoms with Crippen molar-refractivity contribution in [3.05, 3.63) is 52.5 Å². The second-order valence-electron chi connectivity index (χ2n) is 8.76. The highest BCUT2D eigenvalue weighted by molar-refractivity contribution is 7.09. The quantitative estimate of drug-likeness (QED) is 0.410. The Morgan fingerprint density at radius 1 is 0.738 bits per heavy atom. The Labute approximate surface area is 235 Å². The maximum atomic E-state index is 10.6. The Kier molecular flexibility index (Phi) is 13.7. The van der Waals surface area contributed by atoms with Gasteiger partial charge in [0.1, 0.15) is 0 Å². The second kappa shape index (κ2) is 15.7. The number of carboxylic acids is 3. The van der Waals surface area contributed by atoms with Crippen molar-refractivity contribution in [1.82, 2.24) is 14.8 Å². The summed E-state index contributed by atoms with van der Waals surface area (Å²) < 4.78 is 95.2. The van der Waals surface area contributed by atoms with E-state index in [0.29, 0.717) is 0 Å². The highest BCUT2D eigenvalue weighted by Gasteiger charge is 2.40. The third-order valence-electron chi connectivity index (χ3n) is 5.45. The molecule has 2 aliphatic heterocycles. The molecule has 4 heterocycles. The summed E-state index contributed by atoms with van der Waals surface area (Å²) in [5.41, 5.74) is 1.34. The summed E-state index contributed by atoms with van der Waals surface area (Å²) in [4.78, 5) is 37.7. The summed E-state index contributed by atoms with van der Waals surface area (Å²) >= 11 is 1.88. The monoisotopic (exact) mass is 641 g/mol. The molecule has 236 valence electrons. The van der Waals surface area contributed by atoms with Crippen LogP contribution in [0.3, 0.4) is 0 Å². The molecule has 9 nitrogen and oxygen atoms in total. The summed E-state index contributed by atoms with van der Waals surface area (Å²) in [6, 6.07) is 8.64. The van der Waals surface area contributed by atoms with E-state index in [1.165, 1.54) is 36.6 Å². The van der Waals surface area contributed by atoms with Gasteiger partial charge in [0.25, 0.3) is 0 Å². The van der Waals surface area contributed by atoms with Gasteiger partial charge in [0.2, 0.25) is 0 Å². The minimum Gasteiger partial charge on any atom is -0.475 e. The molecule has 19 heteroatoms. The molecule has 2 saturated heterocycles. The van der Waals surface area contributed by atoms with Crippen LogP contribution < -0.4 is 0 Å². The van der Waals surface area contributed by atoms with Gasteiger partial charge in [-0.3, -0.25) is 14.8 Å². The number of pyridine rings is 1. The average Bonchev–Trinajstić information content (AvgIpc) is 3.57. The Morgan fingerprint density at radius 2 is 1.14 bits per heavy atom. The summed E-state index contributed by atoms with van der Waals surface area (Å²) in [6.45, 7) is 7.25. The number of fused-ring (bicyclic) bond motifs is 1. The highest BCUT2D eigenvalue weighted by Crippen LogP contribution is 2.33. The Hall–Kier alpha value is -3.45. The number of carboxylic acid groups (broad SMARTS) is 3. The fraction of sp³-hybridized carbons (Fsp3) is 0.478. The molecular formula is C23H24F9N3O6S. The van der Waals surface area contributed by atoms with E-state index in [0.717, 1.165) is 24.9 Å². The van der Waals surface area contributed by atoms with Crippen LogP contribution in [0.5, 0.6) is 0 Å². The second-order valence-corrected chi connectivity index (χ2v) is 9.79. The first kappa shape index (κ1) is 36.6. The third-order valence-corrected chi connectivity index (χ3v) is 6.31. The van der Waals surface area contributed by atoms with E-state index in [9.17, 15) is 39.5 Å². The maximum Gasteiger partial charge on any atom is 0.490 e. The fourth-order valence-electron chi connectivity index (χ4n) is 3.82. The van der Waals surface area contributed by atoms with Crippen LogP contribution >= 0.6 is 11.3 Å². The first-order chi connectivity index (χ1) is 19.2. The van der Waals surface area contributed by atoms with Crippen molar-refractivity contribution in [2.24, 2.45) is 11.8 Å². The lowest BCUT2D eigenvalue weighted by molar-refractivity contribution is -0.193. The summed E-state index contributed by atoms with van der Waals surface area (Å²) in [5.74, 6) is -6.55. The van der Waals surface area contributed by atoms with Crippen molar-refractivity contribution in [3.63, 3.8) is 0 Å². The number of nitrogens with zero attached hydrogens (tertiary/aromatic N) is 3. The zero-order chi connectivity index (χ0) is 32.3. The highest BCUT2D eigenvalue weighted by atomic mass is 32.1. The lowest BCUT2D eigenvalue weighted by Crippen LogP contribution is -2.28. The van der Waals surface area contributed by atoms with Crippen LogP contribution in [-0.4, -0.2) is 92.7 Å². The van der Waals surface area contributed by atoms with Gasteiger partial charge in [0.15, 0.2) is 0 Å². The SMILES string of the molecule is O=C(O)C(F)(F)F.O=C(O)C(F)(F)F.O=C(O)C(F)(F)F.c1cncc(CN2CC3CN(Cc4cccs4)CC3C2)c1. The number of alkyl halides is 9. The lowest BCUT2D eigenvalue weighted by Gasteiger charge is -2.20. The number of aliphatic carboxylic acids is 3. The van der Waals surface area contributed by atoms with Crippen molar-refractivity contribution < 1.29 is 69.2 Å². The first-order valence-electron chi connectivity index (χ1n) is 11.5. The molecule has 2 unspecified atom stereocenters. The molecule has 2 aromatic rings. The molecule has 4 rings (SSSR count). The molecule has 0 aliphatic carbocycles. The van der Waals surface area contributed by atoms with Gasteiger partial charge in [-0.2, -0.15) is 39.5 Å². The van der Waals surface area contributed by atoms with Crippen LogP contribution in [0.2, 0.25) is 0 Å². The first-order valence-corrected chi connectivity index (χ1v) is 12.3. The van der Waals surface area contributed by atoms with Crippen LogP contribution in [0.1, 0.15) is 10.4 Å². The molecule has 0 aromatic carbocycles. The minimum atomic E-state index is -5.08. The number of likely N-dealkylation sites (tertiary alicyclic amines) is 2. The van der Waals surface area contributed by atoms with E-state index in [1.807, 2.05) is 29.8 Å². The van der Waals surface area contributed by atoms with E-state index in [4.69, 9.17) is 29.7 Å². The Balaban J connectivity index is 0.000000348. The van der Waals surface area contributed by atoms with E-state index < -0.39 is 36.4 Å². The van der Waals surface area contributed by atoms with Gasteiger partial charge in [-0.1, -0.05) is 12.1 Å². The van der Waals surface area contributed by atoms with Gasteiger partial charge < -0.3 is 15.3 Å². The van der Waals surface area contributed by atoms with Crippen LogP contribution in [0, 0.1) is 11.8 Å². The molecule has 0 saturated carbocycles. The van der Waals surface area contributed by atoms with E-state index in [-0.39, 0.29) is 0 Å². The molecule has 2 aliphatic rings. The molecule has 42 heavy (non-hydrogen) atoms. The van der Waals surface area contributed by atoms with Gasteiger partial charge in [0.05, 0.1) is 0 Å². The topological polar surface area (TPSA) is 131 Å².